The summed E-state index contributed by atoms with van der Waals surface area (Å²) in [5.74, 6) is -1.47. The maximum atomic E-state index is 13.2. The van der Waals surface area contributed by atoms with Crippen molar-refractivity contribution in [3.8, 4) is 0 Å². The van der Waals surface area contributed by atoms with Crippen LogP contribution < -0.4 is 5.32 Å². The van der Waals surface area contributed by atoms with Gasteiger partial charge in [0.25, 0.3) is 0 Å². The van der Waals surface area contributed by atoms with E-state index in [9.17, 15) is 13.6 Å². The minimum Gasteiger partial charge on any atom is -0.325 e. The second-order valence-electron chi connectivity index (χ2n) is 2.99. The van der Waals surface area contributed by atoms with Gasteiger partial charge in [-0.15, -0.1) is 0 Å². The molecule has 0 fully saturated rings. The van der Waals surface area contributed by atoms with E-state index in [2.05, 4.69) is 5.32 Å². The number of rotatable bonds is 1. The van der Waals surface area contributed by atoms with E-state index in [-0.39, 0.29) is 17.9 Å². The SMILES string of the molecule is O=C1CC=C(c2ccc(F)cc2F)N1. The van der Waals surface area contributed by atoms with Crippen LogP contribution in [-0.4, -0.2) is 5.91 Å². The predicted molar refractivity (Wildman–Crippen MR) is 47.1 cm³/mol. The fourth-order valence-electron chi connectivity index (χ4n) is 1.33. The number of halogens is 2. The van der Waals surface area contributed by atoms with E-state index in [1.165, 1.54) is 6.07 Å². The summed E-state index contributed by atoms with van der Waals surface area (Å²) in [6.45, 7) is 0. The van der Waals surface area contributed by atoms with Gasteiger partial charge < -0.3 is 5.32 Å². The van der Waals surface area contributed by atoms with Gasteiger partial charge in [0.2, 0.25) is 5.91 Å². The molecule has 0 bridgehead atoms. The molecule has 1 N–H and O–H groups in total. The number of amides is 1. The second-order valence-corrected chi connectivity index (χ2v) is 2.99. The van der Waals surface area contributed by atoms with Crippen LogP contribution in [0.2, 0.25) is 0 Å². The normalized spacial score (nSPS) is 15.3. The monoisotopic (exact) mass is 195 g/mol. The molecule has 0 radical (unpaired) electrons. The Labute approximate surface area is 79.2 Å². The van der Waals surface area contributed by atoms with Crippen molar-refractivity contribution in [3.05, 3.63) is 41.5 Å². The zero-order valence-electron chi connectivity index (χ0n) is 7.18. The van der Waals surface area contributed by atoms with Crippen LogP contribution in [0.4, 0.5) is 8.78 Å². The van der Waals surface area contributed by atoms with Gasteiger partial charge in [-0.1, -0.05) is 6.08 Å². The fraction of sp³-hybridized carbons (Fsp3) is 0.100. The van der Waals surface area contributed by atoms with E-state index in [0.717, 1.165) is 12.1 Å². The van der Waals surface area contributed by atoms with Crippen molar-refractivity contribution in [1.29, 1.82) is 0 Å². The summed E-state index contributed by atoms with van der Waals surface area (Å²) in [5.41, 5.74) is 0.629. The molecule has 2 nitrogen and oxygen atoms in total. The lowest BCUT2D eigenvalue weighted by Gasteiger charge is -2.04. The van der Waals surface area contributed by atoms with Gasteiger partial charge in [-0.3, -0.25) is 4.79 Å². The Hall–Kier alpha value is -1.71. The van der Waals surface area contributed by atoms with Crippen LogP contribution >= 0.6 is 0 Å². The number of hydrogen-bond donors (Lipinski definition) is 1. The van der Waals surface area contributed by atoms with E-state index >= 15 is 0 Å². The molecule has 1 heterocycles. The predicted octanol–water partition coefficient (Wildman–Crippen LogP) is 1.83. The average Bonchev–Trinajstić information content (AvgIpc) is 2.51. The Balaban J connectivity index is 2.38. The van der Waals surface area contributed by atoms with Crippen LogP contribution in [0.1, 0.15) is 12.0 Å². The Bertz CT molecular complexity index is 426. The molecule has 1 aromatic carbocycles. The third kappa shape index (κ3) is 1.51. The van der Waals surface area contributed by atoms with Gasteiger partial charge in [0.1, 0.15) is 11.6 Å². The summed E-state index contributed by atoms with van der Waals surface area (Å²) >= 11 is 0. The highest BCUT2D eigenvalue weighted by Gasteiger charge is 2.16. The van der Waals surface area contributed by atoms with Crippen LogP contribution in [-0.2, 0) is 4.79 Å². The van der Waals surface area contributed by atoms with E-state index in [0.29, 0.717) is 5.70 Å². The van der Waals surface area contributed by atoms with Crippen molar-refractivity contribution < 1.29 is 13.6 Å². The van der Waals surface area contributed by atoms with Crippen molar-refractivity contribution >= 4 is 11.6 Å². The van der Waals surface area contributed by atoms with E-state index in [1.54, 1.807) is 6.08 Å². The summed E-state index contributed by atoms with van der Waals surface area (Å²) in [6.07, 6.45) is 1.82. The lowest BCUT2D eigenvalue weighted by atomic mass is 10.1. The lowest BCUT2D eigenvalue weighted by molar-refractivity contribution is -0.118. The van der Waals surface area contributed by atoms with Gasteiger partial charge in [-0.25, -0.2) is 8.78 Å². The summed E-state index contributed by atoms with van der Waals surface area (Å²) in [6, 6.07) is 3.26. The lowest BCUT2D eigenvalue weighted by Crippen LogP contribution is -2.14. The summed E-state index contributed by atoms with van der Waals surface area (Å²) in [7, 11) is 0. The Morgan fingerprint density at radius 1 is 1.29 bits per heavy atom. The maximum absolute atomic E-state index is 13.2. The first-order valence-electron chi connectivity index (χ1n) is 4.12. The molecule has 0 saturated heterocycles. The Morgan fingerprint density at radius 2 is 2.07 bits per heavy atom. The van der Waals surface area contributed by atoms with Crippen molar-refractivity contribution in [2.24, 2.45) is 0 Å². The second kappa shape index (κ2) is 3.21. The number of carbonyl (C=O) groups excluding carboxylic acids is 1. The minimum atomic E-state index is -0.668. The first-order chi connectivity index (χ1) is 6.66. The zero-order chi connectivity index (χ0) is 10.1. The Morgan fingerprint density at radius 3 is 2.64 bits per heavy atom. The Kier molecular flexibility index (Phi) is 2.04. The number of nitrogens with one attached hydrogen (secondary N) is 1. The van der Waals surface area contributed by atoms with Gasteiger partial charge in [0, 0.05) is 23.7 Å². The van der Waals surface area contributed by atoms with Crippen molar-refractivity contribution in [1.82, 2.24) is 5.32 Å². The topological polar surface area (TPSA) is 29.1 Å². The summed E-state index contributed by atoms with van der Waals surface area (Å²) in [4.78, 5) is 10.8. The van der Waals surface area contributed by atoms with Gasteiger partial charge >= 0.3 is 0 Å². The largest absolute Gasteiger partial charge is 0.325 e. The summed E-state index contributed by atoms with van der Waals surface area (Å²) in [5, 5.41) is 2.49. The van der Waals surface area contributed by atoms with E-state index in [4.69, 9.17) is 0 Å². The minimum absolute atomic E-state index is 0.177. The number of carbonyl (C=O) groups is 1. The van der Waals surface area contributed by atoms with E-state index < -0.39 is 11.6 Å². The van der Waals surface area contributed by atoms with Crippen LogP contribution in [0.15, 0.2) is 24.3 Å². The molecule has 0 aromatic heterocycles. The molecule has 0 atom stereocenters. The molecule has 4 heteroatoms. The molecule has 1 aliphatic heterocycles. The number of benzene rings is 1. The van der Waals surface area contributed by atoms with Gasteiger partial charge in [0.05, 0.1) is 0 Å². The molecule has 72 valence electrons. The first-order valence-corrected chi connectivity index (χ1v) is 4.12. The summed E-state index contributed by atoms with van der Waals surface area (Å²) < 4.78 is 25.8. The van der Waals surface area contributed by atoms with Crippen molar-refractivity contribution in [3.63, 3.8) is 0 Å². The van der Waals surface area contributed by atoms with Crippen LogP contribution in [0.5, 0.6) is 0 Å². The highest BCUT2D eigenvalue weighted by atomic mass is 19.1. The quantitative estimate of drug-likeness (QED) is 0.727. The molecular formula is C10H7F2NO. The third-order valence-corrected chi connectivity index (χ3v) is 1.99. The number of hydrogen-bond acceptors (Lipinski definition) is 1. The smallest absolute Gasteiger partial charge is 0.228 e. The third-order valence-electron chi connectivity index (χ3n) is 1.99. The molecule has 0 unspecified atom stereocenters. The molecule has 0 spiro atoms. The molecule has 14 heavy (non-hydrogen) atoms. The van der Waals surface area contributed by atoms with Crippen LogP contribution in [0, 0.1) is 11.6 Å². The molecule has 2 rings (SSSR count). The molecule has 0 saturated carbocycles. The van der Waals surface area contributed by atoms with Gasteiger partial charge in [-0.2, -0.15) is 0 Å². The molecule has 1 aromatic rings. The molecule has 0 aliphatic carbocycles. The molecular weight excluding hydrogens is 188 g/mol. The highest BCUT2D eigenvalue weighted by Crippen LogP contribution is 2.20. The van der Waals surface area contributed by atoms with Crippen molar-refractivity contribution in [2.45, 2.75) is 6.42 Å². The maximum Gasteiger partial charge on any atom is 0.228 e. The molecule has 1 amide bonds. The average molecular weight is 195 g/mol. The fourth-order valence-corrected chi connectivity index (χ4v) is 1.33. The van der Waals surface area contributed by atoms with E-state index in [1.807, 2.05) is 0 Å². The first kappa shape index (κ1) is 8.87. The van der Waals surface area contributed by atoms with Crippen LogP contribution in [0.25, 0.3) is 5.70 Å². The molecule has 1 aliphatic rings. The van der Waals surface area contributed by atoms with Gasteiger partial charge in [0.15, 0.2) is 0 Å². The standard InChI is InChI=1S/C10H7F2NO/c11-6-1-2-7(8(12)5-6)9-3-4-10(14)13-9/h1-3,5H,4H2,(H,13,14). The highest BCUT2D eigenvalue weighted by molar-refractivity contribution is 5.93. The van der Waals surface area contributed by atoms with Crippen LogP contribution in [0.3, 0.4) is 0 Å². The zero-order valence-corrected chi connectivity index (χ0v) is 7.18. The van der Waals surface area contributed by atoms with Crippen molar-refractivity contribution in [2.75, 3.05) is 0 Å². The van der Waals surface area contributed by atoms with Gasteiger partial charge in [-0.05, 0) is 12.1 Å².